The van der Waals surface area contributed by atoms with Crippen molar-refractivity contribution in [2.24, 2.45) is 0 Å². The molecule has 1 aromatic heterocycles. The van der Waals surface area contributed by atoms with E-state index in [1.165, 1.54) is 23.9 Å². The van der Waals surface area contributed by atoms with Crippen LogP contribution in [0.4, 0.5) is 8.78 Å². The Kier molecular flexibility index (Phi) is 7.05. The van der Waals surface area contributed by atoms with Crippen LogP contribution in [0.1, 0.15) is 11.1 Å². The predicted molar refractivity (Wildman–Crippen MR) is 107 cm³/mol. The first-order valence-electron chi connectivity index (χ1n) is 8.52. The van der Waals surface area contributed by atoms with Gasteiger partial charge in [0, 0.05) is 11.6 Å². The van der Waals surface area contributed by atoms with Crippen LogP contribution in [-0.2, 0) is 11.3 Å². The van der Waals surface area contributed by atoms with Gasteiger partial charge in [-0.05, 0) is 42.3 Å². The number of aryl methyl sites for hydroxylation is 1. The highest BCUT2D eigenvalue weighted by molar-refractivity contribution is 7.99. The number of hydrogen-bond acceptors (Lipinski definition) is 5. The average molecular weight is 439 g/mol. The standard InChI is InChI=1S/C19H17ClF2N4O2S/c1-12-2-5-14(8-16(12)20)26-11-24-25-19(26)29-10-17(27)23-9-13-3-6-15(7-4-13)28-18(21)22/h2-8,11,18H,9-10H2,1H3,(H,23,27). The Morgan fingerprint density at radius 3 is 2.72 bits per heavy atom. The van der Waals surface area contributed by atoms with Gasteiger partial charge in [0.2, 0.25) is 5.91 Å². The van der Waals surface area contributed by atoms with Gasteiger partial charge in [-0.25, -0.2) is 0 Å². The molecule has 6 nitrogen and oxygen atoms in total. The first-order valence-corrected chi connectivity index (χ1v) is 9.88. The second-order valence-electron chi connectivity index (χ2n) is 6.00. The SMILES string of the molecule is Cc1ccc(-n2cnnc2SCC(=O)NCc2ccc(OC(F)F)cc2)cc1Cl. The summed E-state index contributed by atoms with van der Waals surface area (Å²) in [4.78, 5) is 12.1. The first-order chi connectivity index (χ1) is 13.9. The van der Waals surface area contributed by atoms with Crippen LogP contribution >= 0.6 is 23.4 Å². The van der Waals surface area contributed by atoms with Crippen molar-refractivity contribution in [3.63, 3.8) is 0 Å². The number of carbonyl (C=O) groups excluding carboxylic acids is 1. The molecule has 0 aliphatic heterocycles. The van der Waals surface area contributed by atoms with E-state index in [1.807, 2.05) is 25.1 Å². The molecule has 0 saturated carbocycles. The number of thioether (sulfide) groups is 1. The van der Waals surface area contributed by atoms with Gasteiger partial charge in [-0.2, -0.15) is 8.78 Å². The smallest absolute Gasteiger partial charge is 0.387 e. The number of carbonyl (C=O) groups is 1. The number of benzene rings is 2. The molecule has 0 aliphatic rings. The summed E-state index contributed by atoms with van der Waals surface area (Å²) in [5.41, 5.74) is 2.54. The Hall–Kier alpha value is -2.65. The zero-order valence-electron chi connectivity index (χ0n) is 15.3. The van der Waals surface area contributed by atoms with Gasteiger partial charge in [-0.1, -0.05) is 41.6 Å². The molecule has 0 bridgehead atoms. The van der Waals surface area contributed by atoms with Crippen LogP contribution in [0.2, 0.25) is 5.02 Å². The fraction of sp³-hybridized carbons (Fsp3) is 0.211. The largest absolute Gasteiger partial charge is 0.435 e. The molecule has 2 aromatic carbocycles. The third-order valence-corrected chi connectivity index (χ3v) is 5.27. The molecule has 3 aromatic rings. The van der Waals surface area contributed by atoms with Crippen LogP contribution in [0.3, 0.4) is 0 Å². The van der Waals surface area contributed by atoms with Gasteiger partial charge in [0.05, 0.1) is 11.4 Å². The minimum absolute atomic E-state index is 0.0705. The molecular formula is C19H17ClF2N4O2S. The van der Waals surface area contributed by atoms with E-state index in [9.17, 15) is 13.6 Å². The van der Waals surface area contributed by atoms with Crippen LogP contribution in [0.15, 0.2) is 53.9 Å². The van der Waals surface area contributed by atoms with Crippen LogP contribution < -0.4 is 10.1 Å². The third kappa shape index (κ3) is 5.91. The summed E-state index contributed by atoms with van der Waals surface area (Å²) in [5, 5.41) is 11.9. The van der Waals surface area contributed by atoms with Crippen molar-refractivity contribution in [1.82, 2.24) is 20.1 Å². The van der Waals surface area contributed by atoms with Crippen molar-refractivity contribution in [3.8, 4) is 11.4 Å². The molecular weight excluding hydrogens is 422 g/mol. The zero-order chi connectivity index (χ0) is 20.8. The Morgan fingerprint density at radius 2 is 2.03 bits per heavy atom. The molecule has 1 N–H and O–H groups in total. The number of nitrogens with one attached hydrogen (secondary N) is 1. The second kappa shape index (κ2) is 9.71. The molecule has 0 fully saturated rings. The van der Waals surface area contributed by atoms with E-state index in [0.29, 0.717) is 10.2 Å². The van der Waals surface area contributed by atoms with Crippen LogP contribution in [-0.4, -0.2) is 33.0 Å². The molecule has 1 heterocycles. The minimum atomic E-state index is -2.87. The van der Waals surface area contributed by atoms with Crippen molar-refractivity contribution < 1.29 is 18.3 Å². The number of alkyl halides is 2. The molecule has 152 valence electrons. The van der Waals surface area contributed by atoms with E-state index in [0.717, 1.165) is 16.8 Å². The van der Waals surface area contributed by atoms with Crippen molar-refractivity contribution in [2.75, 3.05) is 5.75 Å². The number of aromatic nitrogens is 3. The second-order valence-corrected chi connectivity index (χ2v) is 7.35. The van der Waals surface area contributed by atoms with Gasteiger partial charge in [0.25, 0.3) is 0 Å². The molecule has 0 saturated heterocycles. The lowest BCUT2D eigenvalue weighted by molar-refractivity contribution is -0.118. The monoisotopic (exact) mass is 438 g/mol. The minimum Gasteiger partial charge on any atom is -0.435 e. The molecule has 3 rings (SSSR count). The average Bonchev–Trinajstić information content (AvgIpc) is 3.16. The van der Waals surface area contributed by atoms with Gasteiger partial charge in [-0.15, -0.1) is 10.2 Å². The predicted octanol–water partition coefficient (Wildman–Crippen LogP) is 4.24. The number of hydrogen-bond donors (Lipinski definition) is 1. The number of rotatable bonds is 8. The van der Waals surface area contributed by atoms with E-state index in [4.69, 9.17) is 11.6 Å². The lowest BCUT2D eigenvalue weighted by Crippen LogP contribution is -2.24. The van der Waals surface area contributed by atoms with E-state index in [1.54, 1.807) is 23.0 Å². The Morgan fingerprint density at radius 1 is 1.28 bits per heavy atom. The highest BCUT2D eigenvalue weighted by Gasteiger charge is 2.11. The first kappa shape index (κ1) is 21.1. The summed E-state index contributed by atoms with van der Waals surface area (Å²) in [6.07, 6.45) is 1.56. The molecule has 0 atom stereocenters. The summed E-state index contributed by atoms with van der Waals surface area (Å²) in [6, 6.07) is 11.7. The normalized spacial score (nSPS) is 10.9. The molecule has 10 heteroatoms. The van der Waals surface area contributed by atoms with Crippen molar-refractivity contribution in [3.05, 3.63) is 64.9 Å². The van der Waals surface area contributed by atoms with E-state index in [2.05, 4.69) is 20.3 Å². The summed E-state index contributed by atoms with van der Waals surface area (Å²) in [5.74, 6) is 0.0192. The summed E-state index contributed by atoms with van der Waals surface area (Å²) >= 11 is 7.42. The lowest BCUT2D eigenvalue weighted by Gasteiger charge is -2.09. The van der Waals surface area contributed by atoms with Gasteiger partial charge in [0.1, 0.15) is 12.1 Å². The van der Waals surface area contributed by atoms with Gasteiger partial charge in [0.15, 0.2) is 5.16 Å². The van der Waals surface area contributed by atoms with Crippen molar-refractivity contribution in [2.45, 2.75) is 25.2 Å². The number of nitrogens with zero attached hydrogens (tertiary/aromatic N) is 3. The summed E-state index contributed by atoms with van der Waals surface area (Å²) < 4.78 is 30.3. The fourth-order valence-electron chi connectivity index (χ4n) is 2.40. The molecule has 0 radical (unpaired) electrons. The maximum atomic E-state index is 12.2. The van der Waals surface area contributed by atoms with E-state index in [-0.39, 0.29) is 24.0 Å². The number of amides is 1. The Balaban J connectivity index is 1.52. The maximum absolute atomic E-state index is 12.2. The van der Waals surface area contributed by atoms with Gasteiger partial charge < -0.3 is 10.1 Å². The third-order valence-electron chi connectivity index (χ3n) is 3.92. The highest BCUT2D eigenvalue weighted by atomic mass is 35.5. The van der Waals surface area contributed by atoms with E-state index < -0.39 is 6.61 Å². The maximum Gasteiger partial charge on any atom is 0.387 e. The number of halogens is 3. The molecule has 0 spiro atoms. The lowest BCUT2D eigenvalue weighted by atomic mass is 10.2. The molecule has 0 unspecified atom stereocenters. The van der Waals surface area contributed by atoms with E-state index >= 15 is 0 Å². The summed E-state index contributed by atoms with van der Waals surface area (Å²) in [7, 11) is 0. The fourth-order valence-corrected chi connectivity index (χ4v) is 3.34. The van der Waals surface area contributed by atoms with Gasteiger partial charge >= 0.3 is 6.61 Å². The topological polar surface area (TPSA) is 69.0 Å². The van der Waals surface area contributed by atoms with Crippen molar-refractivity contribution in [1.29, 1.82) is 0 Å². The van der Waals surface area contributed by atoms with Crippen LogP contribution in [0.25, 0.3) is 5.69 Å². The molecule has 29 heavy (non-hydrogen) atoms. The van der Waals surface area contributed by atoms with Crippen LogP contribution in [0, 0.1) is 6.92 Å². The Bertz CT molecular complexity index is 983. The number of ether oxygens (including phenoxy) is 1. The summed E-state index contributed by atoms with van der Waals surface area (Å²) in [6.45, 7) is -0.678. The van der Waals surface area contributed by atoms with Crippen molar-refractivity contribution >= 4 is 29.3 Å². The van der Waals surface area contributed by atoms with Gasteiger partial charge in [-0.3, -0.25) is 9.36 Å². The highest BCUT2D eigenvalue weighted by Crippen LogP contribution is 2.23. The quantitative estimate of drug-likeness (QED) is 0.533. The Labute approximate surface area is 175 Å². The van der Waals surface area contributed by atoms with Crippen LogP contribution in [0.5, 0.6) is 5.75 Å². The molecule has 1 amide bonds. The molecule has 0 aliphatic carbocycles. The zero-order valence-corrected chi connectivity index (χ0v) is 16.9.